The van der Waals surface area contributed by atoms with Crippen molar-refractivity contribution >= 4 is 46.8 Å². The zero-order valence-corrected chi connectivity index (χ0v) is 23.1. The lowest BCUT2D eigenvalue weighted by atomic mass is 10.2. The predicted molar refractivity (Wildman–Crippen MR) is 150 cm³/mol. The third kappa shape index (κ3) is 7.25. The summed E-state index contributed by atoms with van der Waals surface area (Å²) in [5, 5.41) is 14.4. The molecule has 9 nitrogen and oxygen atoms in total. The number of halogens is 2. The van der Waals surface area contributed by atoms with E-state index in [4.69, 9.17) is 16.3 Å². The van der Waals surface area contributed by atoms with E-state index >= 15 is 0 Å². The maximum Gasteiger partial charge on any atom is 0.338 e. The van der Waals surface area contributed by atoms with Crippen molar-refractivity contribution in [1.82, 2.24) is 20.1 Å². The number of anilines is 1. The highest BCUT2D eigenvalue weighted by Crippen LogP contribution is 2.26. The normalized spacial score (nSPS) is 10.8. The van der Waals surface area contributed by atoms with Crippen molar-refractivity contribution in [3.05, 3.63) is 101 Å². The van der Waals surface area contributed by atoms with Crippen molar-refractivity contribution in [1.29, 1.82) is 0 Å². The molecule has 12 heteroatoms. The lowest BCUT2D eigenvalue weighted by Crippen LogP contribution is -2.25. The molecule has 0 bridgehead atoms. The molecule has 0 radical (unpaired) electrons. The molecule has 0 saturated heterocycles. The van der Waals surface area contributed by atoms with Gasteiger partial charge in [0.25, 0.3) is 5.91 Å². The van der Waals surface area contributed by atoms with E-state index in [2.05, 4.69) is 20.8 Å². The highest BCUT2D eigenvalue weighted by atomic mass is 35.5. The van der Waals surface area contributed by atoms with E-state index in [9.17, 15) is 18.8 Å². The number of nitrogens with one attached hydrogen (secondary N) is 2. The molecule has 0 atom stereocenters. The molecule has 0 spiro atoms. The standard InChI is InChI=1S/C28H25ClFN5O4S/c1-17(2)39-27(38)18-12-13-21(29)23(14-18)32-25(36)16-40-28-34-33-24(35(28)19-8-4-3-5-9-19)15-31-26(37)20-10-6-7-11-22(20)30/h3-14,17H,15-16H2,1-2H3,(H,31,37)(H,32,36). The molecule has 2 amide bonds. The van der Waals surface area contributed by atoms with Gasteiger partial charge in [-0.25, -0.2) is 9.18 Å². The Morgan fingerprint density at radius 3 is 2.48 bits per heavy atom. The van der Waals surface area contributed by atoms with Gasteiger partial charge in [-0.3, -0.25) is 14.2 Å². The second-order valence-corrected chi connectivity index (χ2v) is 10.1. The Balaban J connectivity index is 1.47. The molecular formula is C28H25ClFN5O4S. The number of ether oxygens (including phenoxy) is 1. The zero-order chi connectivity index (χ0) is 28.6. The van der Waals surface area contributed by atoms with Crippen LogP contribution in [0, 0.1) is 5.82 Å². The Labute approximate surface area is 239 Å². The molecule has 1 heterocycles. The van der Waals surface area contributed by atoms with E-state index in [1.165, 1.54) is 36.4 Å². The fourth-order valence-corrected chi connectivity index (χ4v) is 4.53. The number of para-hydroxylation sites is 1. The number of rotatable bonds is 10. The predicted octanol–water partition coefficient (Wildman–Crippen LogP) is 5.29. The third-order valence-electron chi connectivity index (χ3n) is 5.39. The van der Waals surface area contributed by atoms with Crippen LogP contribution >= 0.6 is 23.4 Å². The van der Waals surface area contributed by atoms with E-state index in [0.717, 1.165) is 11.8 Å². The summed E-state index contributed by atoms with van der Waals surface area (Å²) in [5.41, 5.74) is 1.16. The number of hydrogen-bond acceptors (Lipinski definition) is 7. The molecular weight excluding hydrogens is 557 g/mol. The van der Waals surface area contributed by atoms with Gasteiger partial charge in [-0.05, 0) is 56.3 Å². The first-order valence-corrected chi connectivity index (χ1v) is 13.5. The number of thioether (sulfide) groups is 1. The molecule has 1 aromatic heterocycles. The van der Waals surface area contributed by atoms with Gasteiger partial charge in [-0.2, -0.15) is 0 Å². The summed E-state index contributed by atoms with van der Waals surface area (Å²) in [7, 11) is 0. The van der Waals surface area contributed by atoms with Gasteiger partial charge in [-0.15, -0.1) is 10.2 Å². The minimum Gasteiger partial charge on any atom is -0.459 e. The summed E-state index contributed by atoms with van der Waals surface area (Å²) in [4.78, 5) is 37.6. The average molecular weight is 582 g/mol. The fraction of sp³-hybridized carbons (Fsp3) is 0.179. The monoisotopic (exact) mass is 581 g/mol. The Morgan fingerprint density at radius 2 is 1.75 bits per heavy atom. The summed E-state index contributed by atoms with van der Waals surface area (Å²) in [6.45, 7) is 3.45. The van der Waals surface area contributed by atoms with Gasteiger partial charge in [-0.1, -0.05) is 53.7 Å². The zero-order valence-electron chi connectivity index (χ0n) is 21.6. The van der Waals surface area contributed by atoms with Crippen molar-refractivity contribution < 1.29 is 23.5 Å². The Kier molecular flexibility index (Phi) is 9.52. The highest BCUT2D eigenvalue weighted by molar-refractivity contribution is 7.99. The largest absolute Gasteiger partial charge is 0.459 e. The SMILES string of the molecule is CC(C)OC(=O)c1ccc(Cl)c(NC(=O)CSc2nnc(CNC(=O)c3ccccc3F)n2-c2ccccc2)c1. The van der Waals surface area contributed by atoms with Crippen LogP contribution in [0.2, 0.25) is 5.02 Å². The van der Waals surface area contributed by atoms with E-state index in [0.29, 0.717) is 16.7 Å². The summed E-state index contributed by atoms with van der Waals surface area (Å²) in [6, 6.07) is 19.3. The van der Waals surface area contributed by atoms with Gasteiger partial charge in [0.05, 0.1) is 40.2 Å². The van der Waals surface area contributed by atoms with Crippen LogP contribution in [0.4, 0.5) is 10.1 Å². The molecule has 3 aromatic carbocycles. The van der Waals surface area contributed by atoms with Crippen molar-refractivity contribution in [3.8, 4) is 5.69 Å². The van der Waals surface area contributed by atoms with Gasteiger partial charge in [0.15, 0.2) is 11.0 Å². The summed E-state index contributed by atoms with van der Waals surface area (Å²) >= 11 is 7.35. The van der Waals surface area contributed by atoms with Crippen LogP contribution in [0.15, 0.2) is 78.0 Å². The molecule has 0 saturated carbocycles. The number of amides is 2. The van der Waals surface area contributed by atoms with Gasteiger partial charge in [0.1, 0.15) is 5.82 Å². The van der Waals surface area contributed by atoms with E-state index in [-0.39, 0.29) is 40.2 Å². The van der Waals surface area contributed by atoms with Gasteiger partial charge in [0.2, 0.25) is 5.91 Å². The van der Waals surface area contributed by atoms with Crippen LogP contribution in [-0.4, -0.2) is 44.4 Å². The molecule has 0 fully saturated rings. The summed E-state index contributed by atoms with van der Waals surface area (Å²) in [5.74, 6) is -1.80. The van der Waals surface area contributed by atoms with Gasteiger partial charge >= 0.3 is 5.97 Å². The van der Waals surface area contributed by atoms with Crippen molar-refractivity contribution in [2.75, 3.05) is 11.1 Å². The van der Waals surface area contributed by atoms with Gasteiger partial charge < -0.3 is 15.4 Å². The van der Waals surface area contributed by atoms with Crippen molar-refractivity contribution in [2.45, 2.75) is 31.7 Å². The van der Waals surface area contributed by atoms with Gasteiger partial charge in [0, 0.05) is 5.69 Å². The van der Waals surface area contributed by atoms with Crippen LogP contribution in [0.25, 0.3) is 5.69 Å². The first-order chi connectivity index (χ1) is 19.2. The molecule has 0 aliphatic carbocycles. The number of aromatic nitrogens is 3. The third-order valence-corrected chi connectivity index (χ3v) is 6.65. The van der Waals surface area contributed by atoms with Crippen molar-refractivity contribution in [2.24, 2.45) is 0 Å². The second kappa shape index (κ2) is 13.2. The Morgan fingerprint density at radius 1 is 1.02 bits per heavy atom. The quantitative estimate of drug-likeness (QED) is 0.193. The molecule has 0 aliphatic heterocycles. The number of esters is 1. The second-order valence-electron chi connectivity index (χ2n) is 8.72. The Bertz CT molecular complexity index is 1530. The first-order valence-electron chi connectivity index (χ1n) is 12.2. The fourth-order valence-electron chi connectivity index (χ4n) is 3.59. The maximum atomic E-state index is 14.0. The lowest BCUT2D eigenvalue weighted by molar-refractivity contribution is -0.113. The maximum absolute atomic E-state index is 14.0. The number of carbonyl (C=O) groups is 3. The molecule has 4 aromatic rings. The summed E-state index contributed by atoms with van der Waals surface area (Å²) < 4.78 is 20.9. The highest BCUT2D eigenvalue weighted by Gasteiger charge is 2.19. The molecule has 0 unspecified atom stereocenters. The lowest BCUT2D eigenvalue weighted by Gasteiger charge is -2.12. The van der Waals surface area contributed by atoms with Crippen LogP contribution in [0.5, 0.6) is 0 Å². The number of benzene rings is 3. The molecule has 2 N–H and O–H groups in total. The molecule has 206 valence electrons. The van der Waals surface area contributed by atoms with Crippen molar-refractivity contribution in [3.63, 3.8) is 0 Å². The number of hydrogen-bond donors (Lipinski definition) is 2. The first kappa shape index (κ1) is 28.8. The molecule has 4 rings (SSSR count). The minimum atomic E-state index is -0.630. The summed E-state index contributed by atoms with van der Waals surface area (Å²) in [6.07, 6.45) is -0.294. The average Bonchev–Trinajstić information content (AvgIpc) is 3.35. The van der Waals surface area contributed by atoms with Crippen LogP contribution in [0.3, 0.4) is 0 Å². The molecule has 0 aliphatic rings. The topological polar surface area (TPSA) is 115 Å². The van der Waals surface area contributed by atoms with E-state index < -0.39 is 23.6 Å². The van der Waals surface area contributed by atoms with E-state index in [1.807, 2.05) is 30.3 Å². The smallest absolute Gasteiger partial charge is 0.338 e. The number of nitrogens with zero attached hydrogens (tertiary/aromatic N) is 3. The van der Waals surface area contributed by atoms with E-state index in [1.54, 1.807) is 24.5 Å². The number of carbonyl (C=O) groups excluding carboxylic acids is 3. The van der Waals surface area contributed by atoms with Crippen LogP contribution in [-0.2, 0) is 16.1 Å². The Hall–Kier alpha value is -4.22. The molecule has 40 heavy (non-hydrogen) atoms. The van der Waals surface area contributed by atoms with Crippen LogP contribution in [0.1, 0.15) is 40.4 Å². The van der Waals surface area contributed by atoms with Crippen LogP contribution < -0.4 is 10.6 Å². The minimum absolute atomic E-state index is 0.0311.